The second-order valence-electron chi connectivity index (χ2n) is 4.18. The lowest BCUT2D eigenvalue weighted by Gasteiger charge is -2.03. The predicted octanol–water partition coefficient (Wildman–Crippen LogP) is 3.93. The van der Waals surface area contributed by atoms with Crippen LogP contribution < -0.4 is 5.32 Å². The van der Waals surface area contributed by atoms with Gasteiger partial charge in [0.15, 0.2) is 5.58 Å². The van der Waals surface area contributed by atoms with Crippen molar-refractivity contribution in [3.05, 3.63) is 42.5 Å². The molecule has 1 N–H and O–H groups in total. The summed E-state index contributed by atoms with van der Waals surface area (Å²) in [7, 11) is 0. The monoisotopic (exact) mass is 239 g/mol. The third-order valence-electron chi connectivity index (χ3n) is 3.00. The first-order chi connectivity index (χ1) is 8.79. The van der Waals surface area contributed by atoms with E-state index in [1.165, 1.54) is 0 Å². The zero-order chi connectivity index (χ0) is 12.5. The number of fused-ring (bicyclic) bond motifs is 3. The fourth-order valence-electron chi connectivity index (χ4n) is 2.08. The van der Waals surface area contributed by atoms with Crippen LogP contribution in [0.25, 0.3) is 21.9 Å². The quantitative estimate of drug-likeness (QED) is 0.736. The minimum atomic E-state index is -0.0112. The number of furan rings is 1. The summed E-state index contributed by atoms with van der Waals surface area (Å²) in [6.45, 7) is 1.83. The number of para-hydroxylation sites is 2. The fourth-order valence-corrected chi connectivity index (χ4v) is 2.08. The molecule has 0 unspecified atom stereocenters. The van der Waals surface area contributed by atoms with Crippen molar-refractivity contribution in [2.45, 2.75) is 13.3 Å². The summed E-state index contributed by atoms with van der Waals surface area (Å²) < 4.78 is 5.81. The number of carbonyl (C=O) groups is 1. The van der Waals surface area contributed by atoms with Gasteiger partial charge in [-0.05, 0) is 12.1 Å². The smallest absolute Gasteiger partial charge is 0.224 e. The number of rotatable bonds is 2. The second kappa shape index (κ2) is 4.18. The maximum absolute atomic E-state index is 11.5. The van der Waals surface area contributed by atoms with Gasteiger partial charge in [-0.1, -0.05) is 37.3 Å². The SMILES string of the molecule is CCC(=O)Nc1cccc2c1oc1ccccc12. The summed E-state index contributed by atoms with van der Waals surface area (Å²) in [5.41, 5.74) is 2.31. The molecule has 0 spiro atoms. The molecule has 0 saturated heterocycles. The van der Waals surface area contributed by atoms with Gasteiger partial charge in [-0.2, -0.15) is 0 Å². The molecule has 1 amide bonds. The highest BCUT2D eigenvalue weighted by Gasteiger charge is 2.11. The Morgan fingerprint density at radius 1 is 1.11 bits per heavy atom. The zero-order valence-corrected chi connectivity index (χ0v) is 10.1. The van der Waals surface area contributed by atoms with Gasteiger partial charge < -0.3 is 9.73 Å². The van der Waals surface area contributed by atoms with Gasteiger partial charge in [0.05, 0.1) is 5.69 Å². The summed E-state index contributed by atoms with van der Waals surface area (Å²) in [6.07, 6.45) is 0.455. The average molecular weight is 239 g/mol. The van der Waals surface area contributed by atoms with Crippen LogP contribution in [0.4, 0.5) is 5.69 Å². The lowest BCUT2D eigenvalue weighted by atomic mass is 10.1. The molecule has 0 atom stereocenters. The third kappa shape index (κ3) is 1.64. The Morgan fingerprint density at radius 2 is 1.89 bits per heavy atom. The van der Waals surface area contributed by atoms with Gasteiger partial charge in [-0.3, -0.25) is 4.79 Å². The Bertz CT molecular complexity index is 728. The van der Waals surface area contributed by atoms with Gasteiger partial charge in [-0.25, -0.2) is 0 Å². The highest BCUT2D eigenvalue weighted by atomic mass is 16.3. The third-order valence-corrected chi connectivity index (χ3v) is 3.00. The largest absolute Gasteiger partial charge is 0.454 e. The standard InChI is InChI=1S/C15H13NO2/c1-2-14(17)16-12-8-5-7-11-10-6-3-4-9-13(10)18-15(11)12/h3-9H,2H2,1H3,(H,16,17). The molecule has 90 valence electrons. The molecule has 3 nitrogen and oxygen atoms in total. The number of amides is 1. The van der Waals surface area contributed by atoms with E-state index in [1.807, 2.05) is 49.4 Å². The Morgan fingerprint density at radius 3 is 2.72 bits per heavy atom. The van der Waals surface area contributed by atoms with Crippen LogP contribution in [0.3, 0.4) is 0 Å². The molecule has 1 heterocycles. The van der Waals surface area contributed by atoms with Crippen LogP contribution in [-0.2, 0) is 4.79 Å². The Labute approximate surface area is 104 Å². The summed E-state index contributed by atoms with van der Waals surface area (Å²) in [4.78, 5) is 11.5. The number of hydrogen-bond donors (Lipinski definition) is 1. The van der Waals surface area contributed by atoms with Crippen LogP contribution >= 0.6 is 0 Å². The molecule has 18 heavy (non-hydrogen) atoms. The average Bonchev–Trinajstić information content (AvgIpc) is 2.78. The first-order valence-corrected chi connectivity index (χ1v) is 5.99. The molecule has 0 bridgehead atoms. The maximum Gasteiger partial charge on any atom is 0.224 e. The molecule has 2 aromatic carbocycles. The van der Waals surface area contributed by atoms with Crippen LogP contribution in [0.1, 0.15) is 13.3 Å². The van der Waals surface area contributed by atoms with Crippen molar-refractivity contribution in [2.24, 2.45) is 0 Å². The first kappa shape index (κ1) is 10.8. The van der Waals surface area contributed by atoms with Gasteiger partial charge in [-0.15, -0.1) is 0 Å². The number of anilines is 1. The summed E-state index contributed by atoms with van der Waals surface area (Å²) in [5.74, 6) is -0.0112. The minimum Gasteiger partial charge on any atom is -0.454 e. The van der Waals surface area contributed by atoms with Crippen molar-refractivity contribution in [1.29, 1.82) is 0 Å². The molecule has 0 aliphatic heterocycles. The molecule has 3 rings (SSSR count). The van der Waals surface area contributed by atoms with Crippen molar-refractivity contribution < 1.29 is 9.21 Å². The molecule has 0 radical (unpaired) electrons. The number of benzene rings is 2. The van der Waals surface area contributed by atoms with Gasteiger partial charge in [0, 0.05) is 17.2 Å². The first-order valence-electron chi connectivity index (χ1n) is 5.99. The minimum absolute atomic E-state index is 0.0112. The van der Waals surface area contributed by atoms with Crippen molar-refractivity contribution in [1.82, 2.24) is 0 Å². The number of nitrogens with one attached hydrogen (secondary N) is 1. The summed E-state index contributed by atoms with van der Waals surface area (Å²) in [6, 6.07) is 13.7. The van der Waals surface area contributed by atoms with Crippen molar-refractivity contribution in [2.75, 3.05) is 5.32 Å². The highest BCUT2D eigenvalue weighted by Crippen LogP contribution is 2.33. The van der Waals surface area contributed by atoms with Crippen LogP contribution in [0, 0.1) is 0 Å². The van der Waals surface area contributed by atoms with Gasteiger partial charge in [0.1, 0.15) is 5.58 Å². The highest BCUT2D eigenvalue weighted by molar-refractivity contribution is 6.10. The number of hydrogen-bond acceptors (Lipinski definition) is 2. The lowest BCUT2D eigenvalue weighted by Crippen LogP contribution is -2.09. The van der Waals surface area contributed by atoms with E-state index >= 15 is 0 Å². The number of carbonyl (C=O) groups excluding carboxylic acids is 1. The van der Waals surface area contributed by atoms with Gasteiger partial charge in [0.25, 0.3) is 0 Å². The Balaban J connectivity index is 2.24. The molecular weight excluding hydrogens is 226 g/mol. The van der Waals surface area contributed by atoms with Gasteiger partial charge in [0.2, 0.25) is 5.91 Å². The molecule has 1 aromatic heterocycles. The molecular formula is C15H13NO2. The van der Waals surface area contributed by atoms with E-state index in [2.05, 4.69) is 5.32 Å². The fraction of sp³-hybridized carbons (Fsp3) is 0.133. The van der Waals surface area contributed by atoms with Crippen LogP contribution in [0.15, 0.2) is 46.9 Å². The van der Waals surface area contributed by atoms with Crippen molar-refractivity contribution >= 4 is 33.5 Å². The molecule has 0 aliphatic carbocycles. The summed E-state index contributed by atoms with van der Waals surface area (Å²) >= 11 is 0. The zero-order valence-electron chi connectivity index (χ0n) is 10.1. The van der Waals surface area contributed by atoms with E-state index in [9.17, 15) is 4.79 Å². The topological polar surface area (TPSA) is 42.2 Å². The van der Waals surface area contributed by atoms with Crippen LogP contribution in [0.5, 0.6) is 0 Å². The Hall–Kier alpha value is -2.29. The second-order valence-corrected chi connectivity index (χ2v) is 4.18. The molecule has 3 heteroatoms. The van der Waals surface area contributed by atoms with E-state index in [0.29, 0.717) is 6.42 Å². The van der Waals surface area contributed by atoms with Crippen LogP contribution in [-0.4, -0.2) is 5.91 Å². The summed E-state index contributed by atoms with van der Waals surface area (Å²) in [5, 5.41) is 4.96. The van der Waals surface area contributed by atoms with E-state index in [1.54, 1.807) is 0 Å². The van der Waals surface area contributed by atoms with Crippen LogP contribution in [0.2, 0.25) is 0 Å². The molecule has 3 aromatic rings. The van der Waals surface area contributed by atoms with E-state index < -0.39 is 0 Å². The Kier molecular flexibility index (Phi) is 2.52. The molecule has 0 aliphatic rings. The van der Waals surface area contributed by atoms with Gasteiger partial charge >= 0.3 is 0 Å². The van der Waals surface area contributed by atoms with Crippen molar-refractivity contribution in [3.63, 3.8) is 0 Å². The lowest BCUT2D eigenvalue weighted by molar-refractivity contribution is -0.115. The maximum atomic E-state index is 11.5. The normalized spacial score (nSPS) is 10.9. The van der Waals surface area contributed by atoms with E-state index in [-0.39, 0.29) is 5.91 Å². The van der Waals surface area contributed by atoms with E-state index in [0.717, 1.165) is 27.6 Å². The molecule has 0 saturated carbocycles. The van der Waals surface area contributed by atoms with Crippen molar-refractivity contribution in [3.8, 4) is 0 Å². The molecule has 0 fully saturated rings. The van der Waals surface area contributed by atoms with E-state index in [4.69, 9.17) is 4.42 Å². The predicted molar refractivity (Wildman–Crippen MR) is 72.6 cm³/mol.